The second kappa shape index (κ2) is 11.0. The van der Waals surface area contributed by atoms with E-state index in [1.807, 2.05) is 0 Å². The van der Waals surface area contributed by atoms with Crippen LogP contribution in [0.1, 0.15) is 53.5 Å². The number of hydrogen-bond donors (Lipinski definition) is 2. The minimum atomic E-state index is -2.95. The summed E-state index contributed by atoms with van der Waals surface area (Å²) < 4.78 is 78.3. The Balaban J connectivity index is 1.50. The molecule has 1 amide bonds. The average molecular weight is 597 g/mol. The highest BCUT2D eigenvalue weighted by molar-refractivity contribution is 6.31. The molecule has 5 heterocycles. The lowest BCUT2D eigenvalue weighted by molar-refractivity contribution is -0.120. The molecule has 3 aromatic heterocycles. The number of hydrogen-bond acceptors (Lipinski definition) is 8. The quantitative estimate of drug-likeness (QED) is 0.444. The van der Waals surface area contributed by atoms with Gasteiger partial charge < -0.3 is 24.8 Å². The number of carbonyl (C=O) groups excluding carboxylic acids is 1. The molecule has 15 heteroatoms. The number of nitrogens with zero attached hydrogens (tertiary/aromatic N) is 4. The van der Waals surface area contributed by atoms with Gasteiger partial charge in [0.2, 0.25) is 11.8 Å². The Hall–Kier alpha value is -4.20. The Morgan fingerprint density at radius 2 is 2.05 bits per heavy atom. The van der Waals surface area contributed by atoms with E-state index in [1.165, 1.54) is 28.4 Å². The number of halogens is 4. The highest BCUT2D eigenvalue weighted by Crippen LogP contribution is 2.37. The second-order valence-electron chi connectivity index (χ2n) is 9.81. The van der Waals surface area contributed by atoms with E-state index >= 15 is 0 Å². The van der Waals surface area contributed by atoms with Gasteiger partial charge in [-0.05, 0) is 13.8 Å². The van der Waals surface area contributed by atoms with Gasteiger partial charge in [0.25, 0.3) is 5.56 Å². The van der Waals surface area contributed by atoms with E-state index in [0.717, 1.165) is 6.20 Å². The fourth-order valence-electron chi connectivity index (χ4n) is 4.61. The van der Waals surface area contributed by atoms with Gasteiger partial charge in [0.15, 0.2) is 11.6 Å². The number of fused-ring (bicyclic) bond motifs is 3. The van der Waals surface area contributed by atoms with Crippen molar-refractivity contribution in [2.75, 3.05) is 13.2 Å². The SMILES string of the molecule is [2H]C([2H])(Oc1cc2n(c(=O)c1Cl)[C@@H]1CC(n3cc(F)c(C(C)(C)NC(C)=O)n3)NC=C1OCCO2)c1ncc(F)cc1F. The van der Waals surface area contributed by atoms with E-state index in [4.69, 9.17) is 28.6 Å². The first-order valence-electron chi connectivity index (χ1n) is 13.4. The monoisotopic (exact) mass is 596 g/mol. The molecule has 1 unspecified atom stereocenters. The summed E-state index contributed by atoms with van der Waals surface area (Å²) in [6.07, 6.45) is 2.69. The maximum Gasteiger partial charge on any atom is 0.276 e. The lowest BCUT2D eigenvalue weighted by Crippen LogP contribution is -2.41. The van der Waals surface area contributed by atoms with Gasteiger partial charge in [-0.3, -0.25) is 19.1 Å². The topological polar surface area (TPSA) is 122 Å². The number of aromatic nitrogens is 4. The molecule has 0 radical (unpaired) electrons. The van der Waals surface area contributed by atoms with Crippen molar-refractivity contribution in [3.63, 3.8) is 0 Å². The molecule has 2 atom stereocenters. The summed E-state index contributed by atoms with van der Waals surface area (Å²) in [4.78, 5) is 28.7. The Labute approximate surface area is 239 Å². The van der Waals surface area contributed by atoms with E-state index in [2.05, 4.69) is 20.7 Å². The predicted molar refractivity (Wildman–Crippen MR) is 139 cm³/mol. The molecule has 0 saturated carbocycles. The molecule has 0 aliphatic carbocycles. The van der Waals surface area contributed by atoms with Gasteiger partial charge in [0, 0.05) is 31.7 Å². The zero-order chi connectivity index (χ0) is 31.3. The number of carbonyl (C=O) groups is 1. The van der Waals surface area contributed by atoms with Gasteiger partial charge in [-0.25, -0.2) is 17.9 Å². The fourth-order valence-corrected chi connectivity index (χ4v) is 4.80. The first kappa shape index (κ1) is 25.7. The van der Waals surface area contributed by atoms with Gasteiger partial charge in [-0.2, -0.15) is 5.10 Å². The standard InChI is InChI=1S/C26H26ClF3N6O5/c1-13(37)33-26(2,3)24-16(30)11-35(34-24)21-7-18-20(10-32-21)39-4-5-40-22-8-19(23(27)25(38)36(18)22)41-12-17-15(29)6-14(28)9-31-17/h6,8-11,18,21,32H,4-5,7,12H2,1-3H3,(H,33,37)/t18-,21?/m1/s1/i12D2. The number of pyridine rings is 2. The van der Waals surface area contributed by atoms with Crippen LogP contribution in [0.3, 0.4) is 0 Å². The van der Waals surface area contributed by atoms with Crippen molar-refractivity contribution < 1.29 is 34.9 Å². The van der Waals surface area contributed by atoms with Crippen molar-refractivity contribution in [1.82, 2.24) is 30.0 Å². The van der Waals surface area contributed by atoms with Crippen molar-refractivity contribution in [3.8, 4) is 11.6 Å². The van der Waals surface area contributed by atoms with Gasteiger partial charge in [-0.1, -0.05) is 11.6 Å². The first-order chi connectivity index (χ1) is 20.2. The fraction of sp³-hybridized carbons (Fsp3) is 0.385. The Bertz CT molecular complexity index is 1680. The number of amides is 1. The van der Waals surface area contributed by atoms with Gasteiger partial charge >= 0.3 is 0 Å². The zero-order valence-corrected chi connectivity index (χ0v) is 22.8. The predicted octanol–water partition coefficient (Wildman–Crippen LogP) is 3.44. The van der Waals surface area contributed by atoms with Crippen LogP contribution in [0, 0.1) is 17.5 Å². The largest absolute Gasteiger partial charge is 0.491 e. The van der Waals surface area contributed by atoms with Crippen molar-refractivity contribution in [2.24, 2.45) is 0 Å². The molecular weight excluding hydrogens is 569 g/mol. The van der Waals surface area contributed by atoms with Crippen LogP contribution in [0.25, 0.3) is 0 Å². The Morgan fingerprint density at radius 3 is 2.78 bits per heavy atom. The lowest BCUT2D eigenvalue weighted by Gasteiger charge is -2.34. The number of allylic oxidation sites excluding steroid dienone is 1. The molecule has 0 saturated heterocycles. The van der Waals surface area contributed by atoms with E-state index < -0.39 is 63.8 Å². The van der Waals surface area contributed by atoms with Gasteiger partial charge in [0.05, 0.1) is 20.7 Å². The molecule has 2 N–H and O–H groups in total. The summed E-state index contributed by atoms with van der Waals surface area (Å²) in [6.45, 7) is 1.65. The molecule has 0 aromatic carbocycles. The van der Waals surface area contributed by atoms with Crippen LogP contribution in [-0.4, -0.2) is 38.5 Å². The van der Waals surface area contributed by atoms with Crippen LogP contribution >= 0.6 is 11.6 Å². The zero-order valence-electron chi connectivity index (χ0n) is 24.0. The molecule has 3 aromatic rings. The highest BCUT2D eigenvalue weighted by Gasteiger charge is 2.35. The third-order valence-electron chi connectivity index (χ3n) is 6.37. The number of nitrogens with one attached hydrogen (secondary N) is 2. The van der Waals surface area contributed by atoms with Crippen LogP contribution in [0.4, 0.5) is 13.2 Å². The molecule has 2 aliphatic heterocycles. The van der Waals surface area contributed by atoms with Gasteiger partial charge in [-0.15, -0.1) is 0 Å². The molecule has 2 aliphatic rings. The van der Waals surface area contributed by atoms with Crippen molar-refractivity contribution in [1.29, 1.82) is 0 Å². The third kappa shape index (κ3) is 5.69. The lowest BCUT2D eigenvalue weighted by atomic mass is 10.0. The van der Waals surface area contributed by atoms with Gasteiger partial charge in [0.1, 0.15) is 65.7 Å². The van der Waals surface area contributed by atoms with Crippen LogP contribution in [0.2, 0.25) is 5.02 Å². The normalized spacial score (nSPS) is 19.4. The van der Waals surface area contributed by atoms with E-state index in [0.29, 0.717) is 18.0 Å². The second-order valence-corrected chi connectivity index (χ2v) is 10.2. The molecule has 218 valence electrons. The summed E-state index contributed by atoms with van der Waals surface area (Å²) in [5.74, 6) is -3.52. The third-order valence-corrected chi connectivity index (χ3v) is 6.72. The summed E-state index contributed by atoms with van der Waals surface area (Å²) in [5.41, 5.74) is -2.82. The number of rotatable bonds is 6. The molecule has 0 bridgehead atoms. The molecular formula is C26H26ClF3N6O5. The summed E-state index contributed by atoms with van der Waals surface area (Å²) in [7, 11) is 0. The van der Waals surface area contributed by atoms with Crippen molar-refractivity contribution in [3.05, 3.63) is 80.7 Å². The maximum atomic E-state index is 15.0. The van der Waals surface area contributed by atoms with Crippen LogP contribution in [-0.2, 0) is 21.6 Å². The van der Waals surface area contributed by atoms with Crippen molar-refractivity contribution in [2.45, 2.75) is 51.5 Å². The maximum absolute atomic E-state index is 15.0. The number of ether oxygens (including phenoxy) is 3. The molecule has 0 spiro atoms. The Morgan fingerprint density at radius 1 is 1.29 bits per heavy atom. The van der Waals surface area contributed by atoms with Crippen LogP contribution < -0.4 is 25.7 Å². The highest BCUT2D eigenvalue weighted by atomic mass is 35.5. The molecule has 0 fully saturated rings. The van der Waals surface area contributed by atoms with Crippen LogP contribution in [0.15, 0.2) is 41.3 Å². The summed E-state index contributed by atoms with van der Waals surface area (Å²) >= 11 is 6.35. The summed E-state index contributed by atoms with van der Waals surface area (Å²) in [5, 5.41) is 9.53. The molecule has 5 rings (SSSR count). The molecule has 11 nitrogen and oxygen atoms in total. The van der Waals surface area contributed by atoms with Crippen molar-refractivity contribution >= 4 is 17.5 Å². The Kier molecular flexibility index (Phi) is 6.90. The minimum Gasteiger partial charge on any atom is -0.491 e. The average Bonchev–Trinajstić information content (AvgIpc) is 3.30. The van der Waals surface area contributed by atoms with Crippen LogP contribution in [0.5, 0.6) is 11.6 Å². The van der Waals surface area contributed by atoms with E-state index in [1.54, 1.807) is 13.8 Å². The smallest absolute Gasteiger partial charge is 0.276 e. The molecule has 41 heavy (non-hydrogen) atoms. The van der Waals surface area contributed by atoms with E-state index in [9.17, 15) is 22.8 Å². The van der Waals surface area contributed by atoms with E-state index in [-0.39, 0.29) is 37.1 Å². The summed E-state index contributed by atoms with van der Waals surface area (Å²) in [6, 6.07) is 0.776. The minimum absolute atomic E-state index is 0.000260. The first-order valence-corrected chi connectivity index (χ1v) is 12.8.